The molecule has 1 saturated carbocycles. The Bertz CT molecular complexity index is 674. The second-order valence-electron chi connectivity index (χ2n) is 4.64. The molecule has 0 aromatic heterocycles. The predicted octanol–water partition coefficient (Wildman–Crippen LogP) is 1.32. The summed E-state index contributed by atoms with van der Waals surface area (Å²) in [6, 6.07) is 1.44. The van der Waals surface area contributed by atoms with E-state index in [4.69, 9.17) is 21.8 Å². The van der Waals surface area contributed by atoms with Crippen LogP contribution in [0.25, 0.3) is 0 Å². The number of carbonyl (C=O) groups is 1. The van der Waals surface area contributed by atoms with E-state index in [-0.39, 0.29) is 17.6 Å². The second kappa shape index (κ2) is 5.88. The normalized spacial score (nSPS) is 15.4. The lowest BCUT2D eigenvalue weighted by Gasteiger charge is -2.21. The van der Waals surface area contributed by atoms with Crippen molar-refractivity contribution in [3.05, 3.63) is 28.5 Å². The van der Waals surface area contributed by atoms with Gasteiger partial charge in [0.1, 0.15) is 4.90 Å². The number of carboxylic acids is 1. The molecule has 21 heavy (non-hydrogen) atoms. The fraction of sp³-hybridized carbons (Fsp3) is 0.417. The quantitative estimate of drug-likeness (QED) is 0.816. The summed E-state index contributed by atoms with van der Waals surface area (Å²) in [5.41, 5.74) is -0.805. The molecule has 1 aromatic carbocycles. The van der Waals surface area contributed by atoms with Gasteiger partial charge in [-0.1, -0.05) is 11.6 Å². The van der Waals surface area contributed by atoms with E-state index >= 15 is 0 Å². The standard InChI is InChI=1S/C12H13ClFNO5S/c13-7-5-9(12(17)18)11(14)10(6-7)21(19,20)15(3-4-16)8-1-2-8/h5-6,8,16H,1-4H2,(H,17,18). The van der Waals surface area contributed by atoms with Crippen molar-refractivity contribution in [1.82, 2.24) is 4.31 Å². The van der Waals surface area contributed by atoms with Gasteiger partial charge in [-0.15, -0.1) is 0 Å². The maximum atomic E-state index is 14.2. The first kappa shape index (κ1) is 16.2. The van der Waals surface area contributed by atoms with Gasteiger partial charge in [0, 0.05) is 17.6 Å². The average molecular weight is 338 g/mol. The van der Waals surface area contributed by atoms with E-state index in [0.717, 1.165) is 16.4 Å². The zero-order chi connectivity index (χ0) is 15.8. The van der Waals surface area contributed by atoms with Crippen molar-refractivity contribution in [2.75, 3.05) is 13.2 Å². The van der Waals surface area contributed by atoms with Crippen LogP contribution in [0.2, 0.25) is 5.02 Å². The highest BCUT2D eigenvalue weighted by atomic mass is 35.5. The molecule has 0 aliphatic heterocycles. The van der Waals surface area contributed by atoms with Crippen molar-refractivity contribution in [1.29, 1.82) is 0 Å². The molecule has 1 fully saturated rings. The van der Waals surface area contributed by atoms with Gasteiger partial charge < -0.3 is 10.2 Å². The number of nitrogens with zero attached hydrogens (tertiary/aromatic N) is 1. The van der Waals surface area contributed by atoms with E-state index in [1.54, 1.807) is 0 Å². The van der Waals surface area contributed by atoms with Crippen LogP contribution in [0.4, 0.5) is 4.39 Å². The zero-order valence-corrected chi connectivity index (χ0v) is 12.4. The summed E-state index contributed by atoms with van der Waals surface area (Å²) in [5.74, 6) is -2.96. The lowest BCUT2D eigenvalue weighted by Crippen LogP contribution is -2.36. The molecule has 0 amide bonds. The van der Waals surface area contributed by atoms with Gasteiger partial charge in [-0.05, 0) is 25.0 Å². The highest BCUT2D eigenvalue weighted by molar-refractivity contribution is 7.89. The van der Waals surface area contributed by atoms with Crippen LogP contribution in [0.1, 0.15) is 23.2 Å². The maximum absolute atomic E-state index is 14.2. The number of benzene rings is 1. The molecule has 1 aliphatic rings. The fourth-order valence-electron chi connectivity index (χ4n) is 1.99. The van der Waals surface area contributed by atoms with Gasteiger partial charge in [-0.25, -0.2) is 17.6 Å². The van der Waals surface area contributed by atoms with Crippen LogP contribution in [0, 0.1) is 5.82 Å². The number of aliphatic hydroxyl groups excluding tert-OH is 1. The van der Waals surface area contributed by atoms with Gasteiger partial charge in [-0.2, -0.15) is 4.31 Å². The lowest BCUT2D eigenvalue weighted by molar-refractivity contribution is 0.0691. The number of aliphatic hydroxyl groups is 1. The first-order chi connectivity index (χ1) is 9.78. The third-order valence-corrected chi connectivity index (χ3v) is 5.26. The average Bonchev–Trinajstić information content (AvgIpc) is 3.21. The minimum Gasteiger partial charge on any atom is -0.478 e. The molecule has 116 valence electrons. The van der Waals surface area contributed by atoms with E-state index in [2.05, 4.69) is 0 Å². The van der Waals surface area contributed by atoms with Gasteiger partial charge >= 0.3 is 5.97 Å². The van der Waals surface area contributed by atoms with Crippen molar-refractivity contribution in [2.45, 2.75) is 23.8 Å². The Kier molecular flexibility index (Phi) is 4.52. The molecule has 6 nitrogen and oxygen atoms in total. The number of carboxylic acid groups (broad SMARTS) is 1. The Morgan fingerprint density at radius 2 is 2.05 bits per heavy atom. The van der Waals surface area contributed by atoms with Crippen LogP contribution >= 0.6 is 11.6 Å². The van der Waals surface area contributed by atoms with Crippen molar-refractivity contribution >= 4 is 27.6 Å². The summed E-state index contributed by atoms with van der Waals surface area (Å²) >= 11 is 5.69. The van der Waals surface area contributed by atoms with Gasteiger partial charge in [0.25, 0.3) is 0 Å². The molecule has 0 heterocycles. The van der Waals surface area contributed by atoms with Crippen LogP contribution in [-0.4, -0.2) is 48.1 Å². The molecule has 1 aliphatic carbocycles. The van der Waals surface area contributed by atoms with Crippen molar-refractivity contribution < 1.29 is 27.8 Å². The van der Waals surface area contributed by atoms with E-state index in [1.165, 1.54) is 0 Å². The summed E-state index contributed by atoms with van der Waals surface area (Å²) in [6.07, 6.45) is 1.24. The number of hydrogen-bond donors (Lipinski definition) is 2. The first-order valence-electron chi connectivity index (χ1n) is 6.14. The minimum atomic E-state index is -4.26. The van der Waals surface area contributed by atoms with E-state index < -0.39 is 38.9 Å². The maximum Gasteiger partial charge on any atom is 0.338 e. The van der Waals surface area contributed by atoms with E-state index in [9.17, 15) is 17.6 Å². The van der Waals surface area contributed by atoms with Gasteiger partial charge in [0.05, 0.1) is 12.2 Å². The largest absolute Gasteiger partial charge is 0.478 e. The SMILES string of the molecule is O=C(O)c1cc(Cl)cc(S(=O)(=O)N(CCO)C2CC2)c1F. The number of aromatic carboxylic acids is 1. The molecule has 0 bridgehead atoms. The highest BCUT2D eigenvalue weighted by Gasteiger charge is 2.39. The Balaban J connectivity index is 2.56. The first-order valence-corrected chi connectivity index (χ1v) is 7.96. The topological polar surface area (TPSA) is 94.9 Å². The molecular weight excluding hydrogens is 325 g/mol. The third-order valence-electron chi connectivity index (χ3n) is 3.10. The summed E-state index contributed by atoms with van der Waals surface area (Å²) in [7, 11) is -4.26. The summed E-state index contributed by atoms with van der Waals surface area (Å²) in [4.78, 5) is 10.2. The summed E-state index contributed by atoms with van der Waals surface area (Å²) in [6.45, 7) is -0.592. The zero-order valence-electron chi connectivity index (χ0n) is 10.8. The Labute approximate surface area is 125 Å². The molecule has 0 radical (unpaired) electrons. The van der Waals surface area contributed by atoms with Gasteiger partial charge in [0.2, 0.25) is 10.0 Å². The van der Waals surface area contributed by atoms with Crippen molar-refractivity contribution in [3.8, 4) is 0 Å². The number of hydrogen-bond acceptors (Lipinski definition) is 4. The van der Waals surface area contributed by atoms with Crippen molar-refractivity contribution in [2.24, 2.45) is 0 Å². The molecule has 0 unspecified atom stereocenters. The molecule has 0 saturated heterocycles. The lowest BCUT2D eigenvalue weighted by atomic mass is 10.2. The summed E-state index contributed by atoms with van der Waals surface area (Å²) in [5, 5.41) is 17.7. The van der Waals surface area contributed by atoms with Crippen LogP contribution in [0.5, 0.6) is 0 Å². The predicted molar refractivity (Wildman–Crippen MR) is 72.4 cm³/mol. The monoisotopic (exact) mass is 337 g/mol. The third kappa shape index (κ3) is 3.18. The minimum absolute atomic E-state index is 0.179. The molecule has 0 spiro atoms. The van der Waals surface area contributed by atoms with Crippen LogP contribution in [-0.2, 0) is 10.0 Å². The Morgan fingerprint density at radius 3 is 2.52 bits per heavy atom. The molecule has 9 heteroatoms. The Hall–Kier alpha value is -1.22. The van der Waals surface area contributed by atoms with E-state index in [0.29, 0.717) is 12.8 Å². The summed E-state index contributed by atoms with van der Waals surface area (Å²) < 4.78 is 40.1. The highest BCUT2D eigenvalue weighted by Crippen LogP contribution is 2.34. The Morgan fingerprint density at radius 1 is 1.43 bits per heavy atom. The van der Waals surface area contributed by atoms with Crippen LogP contribution in [0.3, 0.4) is 0 Å². The molecule has 1 aromatic rings. The molecule has 2 N–H and O–H groups in total. The van der Waals surface area contributed by atoms with Gasteiger partial charge in [0.15, 0.2) is 5.82 Å². The van der Waals surface area contributed by atoms with Crippen molar-refractivity contribution in [3.63, 3.8) is 0 Å². The number of halogens is 2. The smallest absolute Gasteiger partial charge is 0.338 e. The van der Waals surface area contributed by atoms with Crippen LogP contribution < -0.4 is 0 Å². The molecule has 2 rings (SSSR count). The molecule has 0 atom stereocenters. The van der Waals surface area contributed by atoms with Crippen LogP contribution in [0.15, 0.2) is 17.0 Å². The number of sulfonamides is 1. The van der Waals surface area contributed by atoms with Gasteiger partial charge in [-0.3, -0.25) is 0 Å². The number of rotatable bonds is 6. The second-order valence-corrected chi connectivity index (χ2v) is 6.94. The molecular formula is C12H13ClFNO5S. The van der Waals surface area contributed by atoms with E-state index in [1.807, 2.05) is 0 Å². The fourth-order valence-corrected chi connectivity index (χ4v) is 4.07.